The lowest BCUT2D eigenvalue weighted by molar-refractivity contribution is -0.145. The number of hydrogen-bond donors (Lipinski definition) is 4. The van der Waals surface area contributed by atoms with Gasteiger partial charge in [-0.15, -0.1) is 0 Å². The van der Waals surface area contributed by atoms with Gasteiger partial charge in [0.2, 0.25) is 0 Å². The number of amides is 2. The molecule has 1 fully saturated rings. The minimum absolute atomic E-state index is 0.379. The summed E-state index contributed by atoms with van der Waals surface area (Å²) in [6, 6.07) is -0.379. The van der Waals surface area contributed by atoms with Crippen molar-refractivity contribution in [1.29, 1.82) is 0 Å². The van der Waals surface area contributed by atoms with E-state index in [-0.39, 0.29) is 6.03 Å². The van der Waals surface area contributed by atoms with E-state index < -0.39 is 11.5 Å². The zero-order chi connectivity index (χ0) is 13.4. The van der Waals surface area contributed by atoms with Gasteiger partial charge in [0.1, 0.15) is 5.54 Å². The second-order valence-corrected chi connectivity index (χ2v) is 4.79. The normalized spacial score (nSPS) is 18.1. The summed E-state index contributed by atoms with van der Waals surface area (Å²) >= 11 is 0. The number of carboxylic acid groups (broad SMARTS) is 1. The zero-order valence-corrected chi connectivity index (χ0v) is 10.9. The van der Waals surface area contributed by atoms with Crippen molar-refractivity contribution in [3.63, 3.8) is 0 Å². The molecule has 0 spiro atoms. The molecule has 1 aliphatic rings. The Balaban J connectivity index is 2.41. The van der Waals surface area contributed by atoms with Gasteiger partial charge in [-0.25, -0.2) is 9.59 Å². The summed E-state index contributed by atoms with van der Waals surface area (Å²) in [4.78, 5) is 23.0. The Hall–Kier alpha value is -1.30. The third-order valence-electron chi connectivity index (χ3n) is 3.36. The van der Waals surface area contributed by atoms with E-state index in [0.29, 0.717) is 19.4 Å². The molecule has 0 aromatic rings. The fraction of sp³-hybridized carbons (Fsp3) is 0.833. The highest BCUT2D eigenvalue weighted by molar-refractivity contribution is 5.86. The Labute approximate surface area is 108 Å². The van der Waals surface area contributed by atoms with E-state index in [1.54, 1.807) is 0 Å². The minimum Gasteiger partial charge on any atom is -0.480 e. The molecule has 2 amide bonds. The average Bonchev–Trinajstić information content (AvgIpc) is 2.35. The Morgan fingerprint density at radius 2 is 1.83 bits per heavy atom. The van der Waals surface area contributed by atoms with Crippen LogP contribution in [0, 0.1) is 0 Å². The van der Waals surface area contributed by atoms with Gasteiger partial charge in [0.15, 0.2) is 0 Å². The molecule has 1 rings (SSSR count). The summed E-state index contributed by atoms with van der Waals surface area (Å²) in [7, 11) is 1.85. The molecule has 6 nitrogen and oxygen atoms in total. The number of hydrogen-bond acceptors (Lipinski definition) is 3. The lowest BCUT2D eigenvalue weighted by Gasteiger charge is -2.33. The van der Waals surface area contributed by atoms with Crippen LogP contribution in [0.2, 0.25) is 0 Å². The third-order valence-corrected chi connectivity index (χ3v) is 3.36. The van der Waals surface area contributed by atoms with E-state index in [4.69, 9.17) is 0 Å². The third kappa shape index (κ3) is 4.18. The molecular weight excluding hydrogens is 234 g/mol. The Morgan fingerprint density at radius 1 is 1.17 bits per heavy atom. The molecule has 0 atom stereocenters. The quantitative estimate of drug-likeness (QED) is 0.527. The van der Waals surface area contributed by atoms with Crippen LogP contribution in [-0.4, -0.2) is 42.8 Å². The van der Waals surface area contributed by atoms with E-state index in [1.807, 2.05) is 7.05 Å². The van der Waals surface area contributed by atoms with E-state index in [9.17, 15) is 14.7 Å². The Morgan fingerprint density at radius 3 is 2.39 bits per heavy atom. The van der Waals surface area contributed by atoms with Crippen LogP contribution < -0.4 is 16.0 Å². The number of rotatable bonds is 6. The minimum atomic E-state index is -1.06. The number of urea groups is 1. The molecule has 0 aromatic carbocycles. The average molecular weight is 257 g/mol. The van der Waals surface area contributed by atoms with E-state index in [2.05, 4.69) is 16.0 Å². The first kappa shape index (κ1) is 14.8. The van der Waals surface area contributed by atoms with Crippen LogP contribution in [0.3, 0.4) is 0 Å². The fourth-order valence-electron chi connectivity index (χ4n) is 2.28. The maximum Gasteiger partial charge on any atom is 0.329 e. The molecule has 0 heterocycles. The van der Waals surface area contributed by atoms with Crippen molar-refractivity contribution in [3.05, 3.63) is 0 Å². The lowest BCUT2D eigenvalue weighted by Crippen LogP contribution is -2.58. The summed E-state index contributed by atoms with van der Waals surface area (Å²) in [6.07, 6.45) is 4.61. The van der Waals surface area contributed by atoms with Crippen LogP contribution in [-0.2, 0) is 4.79 Å². The molecule has 0 radical (unpaired) electrons. The molecule has 0 unspecified atom stereocenters. The number of nitrogens with one attached hydrogen (secondary N) is 3. The van der Waals surface area contributed by atoms with Crippen LogP contribution >= 0.6 is 0 Å². The van der Waals surface area contributed by atoms with Crippen molar-refractivity contribution in [2.24, 2.45) is 0 Å². The highest BCUT2D eigenvalue weighted by atomic mass is 16.4. The summed E-state index contributed by atoms with van der Waals surface area (Å²) in [5.41, 5.74) is -1.06. The molecule has 0 aromatic heterocycles. The van der Waals surface area contributed by atoms with Crippen molar-refractivity contribution in [1.82, 2.24) is 16.0 Å². The first-order valence-corrected chi connectivity index (χ1v) is 6.55. The largest absolute Gasteiger partial charge is 0.480 e. The summed E-state index contributed by atoms with van der Waals surface area (Å²) in [5, 5.41) is 17.6. The molecule has 104 valence electrons. The lowest BCUT2D eigenvalue weighted by atomic mass is 9.82. The van der Waals surface area contributed by atoms with Crippen LogP contribution in [0.15, 0.2) is 0 Å². The van der Waals surface area contributed by atoms with Crippen molar-refractivity contribution < 1.29 is 14.7 Å². The predicted octanol–water partition coefficient (Wildman–Crippen LogP) is 0.683. The molecule has 0 bridgehead atoms. The van der Waals surface area contributed by atoms with Crippen molar-refractivity contribution >= 4 is 12.0 Å². The number of carbonyl (C=O) groups is 2. The van der Waals surface area contributed by atoms with Crippen molar-refractivity contribution in [3.8, 4) is 0 Å². The highest BCUT2D eigenvalue weighted by Crippen LogP contribution is 2.28. The first-order valence-electron chi connectivity index (χ1n) is 6.55. The molecule has 0 saturated heterocycles. The fourth-order valence-corrected chi connectivity index (χ4v) is 2.28. The molecule has 0 aliphatic heterocycles. The number of carbonyl (C=O) groups excluding carboxylic acids is 1. The summed E-state index contributed by atoms with van der Waals surface area (Å²) < 4.78 is 0. The van der Waals surface area contributed by atoms with Gasteiger partial charge in [-0.3, -0.25) is 0 Å². The Kier molecular flexibility index (Phi) is 5.91. The van der Waals surface area contributed by atoms with Crippen molar-refractivity contribution in [2.45, 2.75) is 44.1 Å². The summed E-state index contributed by atoms with van der Waals surface area (Å²) in [6.45, 7) is 1.37. The monoisotopic (exact) mass is 257 g/mol. The standard InChI is InChI=1S/C12H23N3O3/c1-13-8-5-9-14-11(18)15-12(10(16)17)6-3-2-4-7-12/h13H,2-9H2,1H3,(H,16,17)(H2,14,15,18). The van der Waals surface area contributed by atoms with Crippen LogP contribution in [0.25, 0.3) is 0 Å². The van der Waals surface area contributed by atoms with E-state index >= 15 is 0 Å². The van der Waals surface area contributed by atoms with Gasteiger partial charge >= 0.3 is 12.0 Å². The molecule has 1 aliphatic carbocycles. The maximum atomic E-state index is 11.7. The second-order valence-electron chi connectivity index (χ2n) is 4.79. The zero-order valence-electron chi connectivity index (χ0n) is 10.9. The van der Waals surface area contributed by atoms with Crippen LogP contribution in [0.5, 0.6) is 0 Å². The number of aliphatic carboxylic acids is 1. The van der Waals surface area contributed by atoms with Gasteiger partial charge in [0, 0.05) is 6.54 Å². The van der Waals surface area contributed by atoms with Gasteiger partial charge in [-0.2, -0.15) is 0 Å². The van der Waals surface area contributed by atoms with Crippen LogP contribution in [0.4, 0.5) is 4.79 Å². The van der Waals surface area contributed by atoms with Crippen LogP contribution in [0.1, 0.15) is 38.5 Å². The van der Waals surface area contributed by atoms with Gasteiger partial charge in [-0.1, -0.05) is 19.3 Å². The maximum absolute atomic E-state index is 11.7. The predicted molar refractivity (Wildman–Crippen MR) is 68.5 cm³/mol. The highest BCUT2D eigenvalue weighted by Gasteiger charge is 2.40. The topological polar surface area (TPSA) is 90.5 Å². The van der Waals surface area contributed by atoms with Gasteiger partial charge in [0.25, 0.3) is 0 Å². The van der Waals surface area contributed by atoms with Crippen molar-refractivity contribution in [2.75, 3.05) is 20.1 Å². The van der Waals surface area contributed by atoms with Gasteiger partial charge in [-0.05, 0) is 32.9 Å². The number of carboxylic acids is 1. The second kappa shape index (κ2) is 7.20. The Bertz CT molecular complexity index is 288. The molecular formula is C12H23N3O3. The molecule has 6 heteroatoms. The van der Waals surface area contributed by atoms with E-state index in [1.165, 1.54) is 0 Å². The molecule has 1 saturated carbocycles. The van der Waals surface area contributed by atoms with Gasteiger partial charge < -0.3 is 21.1 Å². The summed E-state index contributed by atoms with van der Waals surface area (Å²) in [5.74, 6) is -0.924. The molecule has 4 N–H and O–H groups in total. The first-order chi connectivity index (χ1) is 8.60. The smallest absolute Gasteiger partial charge is 0.329 e. The van der Waals surface area contributed by atoms with Gasteiger partial charge in [0.05, 0.1) is 0 Å². The van der Waals surface area contributed by atoms with E-state index in [0.717, 1.165) is 32.2 Å². The molecule has 18 heavy (non-hydrogen) atoms. The SMILES string of the molecule is CNCCCNC(=O)NC1(C(=O)O)CCCCC1.